The number of nitrogens with one attached hydrogen (secondary N) is 2. The third-order valence-electron chi connectivity index (χ3n) is 4.53. The Labute approximate surface area is 154 Å². The maximum Gasteiger partial charge on any atom is 0.203 e. The Hall–Kier alpha value is -2.02. The van der Waals surface area contributed by atoms with Crippen molar-refractivity contribution in [3.05, 3.63) is 17.7 Å². The minimum Gasteiger partial charge on any atom is -0.493 e. The summed E-state index contributed by atoms with van der Waals surface area (Å²) in [4.78, 5) is 0. The summed E-state index contributed by atoms with van der Waals surface area (Å²) in [5, 5.41) is 8.11. The van der Waals surface area contributed by atoms with Gasteiger partial charge in [0.05, 0.1) is 27.5 Å². The predicted molar refractivity (Wildman–Crippen MR) is 104 cm³/mol. The van der Waals surface area contributed by atoms with Crippen molar-refractivity contribution in [3.8, 4) is 17.2 Å². The zero-order valence-corrected chi connectivity index (χ0v) is 16.1. The van der Waals surface area contributed by atoms with Crippen LogP contribution in [0.25, 0.3) is 0 Å². The van der Waals surface area contributed by atoms with Crippen LogP contribution in [0.3, 0.4) is 0 Å². The molecule has 1 aromatic rings. The van der Waals surface area contributed by atoms with Crippen LogP contribution in [0.2, 0.25) is 0 Å². The maximum absolute atomic E-state index is 5.43. The summed E-state index contributed by atoms with van der Waals surface area (Å²) >= 11 is 5.34. The Morgan fingerprint density at radius 1 is 1.12 bits per heavy atom. The maximum atomic E-state index is 5.43. The summed E-state index contributed by atoms with van der Waals surface area (Å²) in [6.45, 7) is 2.26. The van der Waals surface area contributed by atoms with Crippen molar-refractivity contribution in [2.75, 3.05) is 21.3 Å². The average Bonchev–Trinajstić information content (AvgIpc) is 2.62. The zero-order chi connectivity index (χ0) is 18.2. The first-order valence-corrected chi connectivity index (χ1v) is 8.90. The van der Waals surface area contributed by atoms with Crippen molar-refractivity contribution in [3.63, 3.8) is 0 Å². The molecule has 0 unspecified atom stereocenters. The van der Waals surface area contributed by atoms with Gasteiger partial charge in [-0.05, 0) is 43.1 Å². The molecule has 0 saturated heterocycles. The van der Waals surface area contributed by atoms with Gasteiger partial charge in [0.1, 0.15) is 0 Å². The van der Waals surface area contributed by atoms with Gasteiger partial charge in [0.15, 0.2) is 16.6 Å². The van der Waals surface area contributed by atoms with E-state index in [0.29, 0.717) is 34.3 Å². The highest BCUT2D eigenvalue weighted by atomic mass is 32.1. The summed E-state index contributed by atoms with van der Waals surface area (Å²) in [5.74, 6) is 2.33. The number of nitrogens with zero attached hydrogens (tertiary/aromatic N) is 1. The molecule has 2 rings (SSSR count). The molecule has 1 aliphatic carbocycles. The lowest BCUT2D eigenvalue weighted by atomic mass is 9.86. The second kappa shape index (κ2) is 9.46. The highest BCUT2D eigenvalue weighted by Gasteiger charge is 2.21. The van der Waals surface area contributed by atoms with Gasteiger partial charge < -0.3 is 19.5 Å². The first-order valence-electron chi connectivity index (χ1n) is 8.49. The van der Waals surface area contributed by atoms with Gasteiger partial charge in [-0.2, -0.15) is 5.10 Å². The summed E-state index contributed by atoms with van der Waals surface area (Å²) in [6, 6.07) is 4.08. The van der Waals surface area contributed by atoms with Gasteiger partial charge >= 0.3 is 0 Å². The molecule has 0 bridgehead atoms. The van der Waals surface area contributed by atoms with Gasteiger partial charge in [0.25, 0.3) is 0 Å². The highest BCUT2D eigenvalue weighted by Crippen LogP contribution is 2.38. The molecule has 1 aliphatic rings. The molecule has 1 aromatic carbocycles. The van der Waals surface area contributed by atoms with Crippen LogP contribution in [0.1, 0.15) is 38.2 Å². The van der Waals surface area contributed by atoms with Gasteiger partial charge in [0, 0.05) is 11.6 Å². The van der Waals surface area contributed by atoms with Crippen LogP contribution in [0.15, 0.2) is 17.2 Å². The van der Waals surface area contributed by atoms with E-state index in [1.807, 2.05) is 12.1 Å². The van der Waals surface area contributed by atoms with Crippen LogP contribution in [0.5, 0.6) is 17.2 Å². The van der Waals surface area contributed by atoms with Crippen molar-refractivity contribution in [2.45, 2.75) is 38.6 Å². The molecule has 6 nitrogen and oxygen atoms in total. The van der Waals surface area contributed by atoms with Gasteiger partial charge in [-0.3, -0.25) is 5.43 Å². The number of thiocarbonyl (C=S) groups is 1. The van der Waals surface area contributed by atoms with E-state index in [1.54, 1.807) is 27.5 Å². The molecule has 0 aromatic heterocycles. The fourth-order valence-electron chi connectivity index (χ4n) is 3.12. The Morgan fingerprint density at radius 2 is 1.84 bits per heavy atom. The molecule has 0 amide bonds. The molecule has 2 atom stereocenters. The normalized spacial score (nSPS) is 20.2. The van der Waals surface area contributed by atoms with E-state index in [2.05, 4.69) is 22.8 Å². The molecule has 25 heavy (non-hydrogen) atoms. The predicted octanol–water partition coefficient (Wildman–Crippen LogP) is 3.09. The Morgan fingerprint density at radius 3 is 2.48 bits per heavy atom. The minimum absolute atomic E-state index is 0.416. The van der Waals surface area contributed by atoms with Crippen molar-refractivity contribution < 1.29 is 14.2 Å². The first kappa shape index (κ1) is 19.3. The fraction of sp³-hybridized carbons (Fsp3) is 0.556. The second-order valence-corrected chi connectivity index (χ2v) is 6.54. The Bertz CT molecular complexity index is 622. The molecular formula is C18H27N3O3S. The number of rotatable bonds is 6. The summed E-state index contributed by atoms with van der Waals surface area (Å²) in [6.07, 6.45) is 6.59. The molecule has 0 spiro atoms. The highest BCUT2D eigenvalue weighted by molar-refractivity contribution is 7.80. The third kappa shape index (κ3) is 4.98. The molecular weight excluding hydrogens is 338 g/mol. The van der Waals surface area contributed by atoms with Crippen LogP contribution in [0, 0.1) is 5.92 Å². The largest absolute Gasteiger partial charge is 0.493 e. The van der Waals surface area contributed by atoms with E-state index in [1.165, 1.54) is 19.3 Å². The van der Waals surface area contributed by atoms with Crippen molar-refractivity contribution in [1.82, 2.24) is 10.7 Å². The van der Waals surface area contributed by atoms with Gasteiger partial charge in [-0.25, -0.2) is 0 Å². The fourth-order valence-corrected chi connectivity index (χ4v) is 3.32. The molecule has 1 fully saturated rings. The molecule has 7 heteroatoms. The Balaban J connectivity index is 2.00. The van der Waals surface area contributed by atoms with E-state index in [4.69, 9.17) is 26.4 Å². The second-order valence-electron chi connectivity index (χ2n) is 6.14. The number of hydrogen-bond donors (Lipinski definition) is 2. The van der Waals surface area contributed by atoms with Crippen molar-refractivity contribution in [2.24, 2.45) is 11.0 Å². The summed E-state index contributed by atoms with van der Waals surface area (Å²) < 4.78 is 16.1. The van der Waals surface area contributed by atoms with Crippen LogP contribution < -0.4 is 25.0 Å². The van der Waals surface area contributed by atoms with E-state index >= 15 is 0 Å². The number of hydrogen-bond acceptors (Lipinski definition) is 5. The minimum atomic E-state index is 0.416. The van der Waals surface area contributed by atoms with Gasteiger partial charge in [0.2, 0.25) is 5.75 Å². The van der Waals surface area contributed by atoms with E-state index in [-0.39, 0.29) is 0 Å². The van der Waals surface area contributed by atoms with Crippen molar-refractivity contribution >= 4 is 23.5 Å². The lowest BCUT2D eigenvalue weighted by molar-refractivity contribution is 0.308. The van der Waals surface area contributed by atoms with E-state index in [0.717, 1.165) is 12.0 Å². The van der Waals surface area contributed by atoms with Crippen LogP contribution in [0.4, 0.5) is 0 Å². The van der Waals surface area contributed by atoms with Gasteiger partial charge in [-0.1, -0.05) is 19.8 Å². The number of methoxy groups -OCH3 is 3. The van der Waals surface area contributed by atoms with Gasteiger partial charge in [-0.15, -0.1) is 0 Å². The summed E-state index contributed by atoms with van der Waals surface area (Å²) in [7, 11) is 4.74. The summed E-state index contributed by atoms with van der Waals surface area (Å²) in [5.41, 5.74) is 3.64. The van der Waals surface area contributed by atoms with Crippen LogP contribution in [-0.4, -0.2) is 38.7 Å². The molecule has 138 valence electrons. The lowest BCUT2D eigenvalue weighted by Gasteiger charge is -2.30. The molecule has 2 N–H and O–H groups in total. The SMILES string of the molecule is COc1ccc(/C=N\NC(=S)N[C@H]2CCCC[C@@H]2C)c(OC)c1OC. The quantitative estimate of drug-likeness (QED) is 0.459. The standard InChI is InChI=1S/C18H27N3O3S/c1-12-7-5-6-8-14(12)20-18(25)21-19-11-13-9-10-15(22-2)17(24-4)16(13)23-3/h9-12,14H,5-8H2,1-4H3,(H2,20,21,25)/b19-11-/t12-,14-/m0/s1. The number of benzene rings is 1. The Kier molecular flexibility index (Phi) is 7.31. The molecule has 1 saturated carbocycles. The first-order chi connectivity index (χ1) is 12.1. The zero-order valence-electron chi connectivity index (χ0n) is 15.3. The van der Waals surface area contributed by atoms with Crippen LogP contribution >= 0.6 is 12.2 Å². The lowest BCUT2D eigenvalue weighted by Crippen LogP contribution is -2.44. The molecule has 0 aliphatic heterocycles. The molecule has 0 heterocycles. The topological polar surface area (TPSA) is 64.1 Å². The molecule has 0 radical (unpaired) electrons. The van der Waals surface area contributed by atoms with Crippen molar-refractivity contribution in [1.29, 1.82) is 0 Å². The smallest absolute Gasteiger partial charge is 0.203 e. The third-order valence-corrected chi connectivity index (χ3v) is 4.74. The van der Waals surface area contributed by atoms with E-state index < -0.39 is 0 Å². The average molecular weight is 365 g/mol. The number of hydrazone groups is 1. The van der Waals surface area contributed by atoms with Crippen LogP contribution in [-0.2, 0) is 0 Å². The number of ether oxygens (including phenoxy) is 3. The monoisotopic (exact) mass is 365 g/mol. The van der Waals surface area contributed by atoms with E-state index in [9.17, 15) is 0 Å².